The number of carboxylic acid groups (broad SMARTS) is 1. The lowest BCUT2D eigenvalue weighted by atomic mass is 10.1. The van der Waals surface area contributed by atoms with Gasteiger partial charge < -0.3 is 9.52 Å². The summed E-state index contributed by atoms with van der Waals surface area (Å²) in [5, 5.41) is 9.00. The van der Waals surface area contributed by atoms with Crippen LogP contribution < -0.4 is 0 Å². The van der Waals surface area contributed by atoms with Crippen molar-refractivity contribution in [1.82, 2.24) is 4.90 Å². The summed E-state index contributed by atoms with van der Waals surface area (Å²) in [6.07, 6.45) is 1.68. The van der Waals surface area contributed by atoms with Crippen LogP contribution in [0.3, 0.4) is 0 Å². The third kappa shape index (κ3) is 4.22. The summed E-state index contributed by atoms with van der Waals surface area (Å²) < 4.78 is 6.35. The quantitative estimate of drug-likeness (QED) is 0.430. The average molecular weight is 436 g/mol. The molecule has 1 amide bonds. The van der Waals surface area contributed by atoms with Gasteiger partial charge in [-0.2, -0.15) is 0 Å². The average Bonchev–Trinajstić information content (AvgIpc) is 3.30. The zero-order valence-corrected chi connectivity index (χ0v) is 17.6. The molecule has 2 aromatic carbocycles. The third-order valence-electron chi connectivity index (χ3n) is 4.65. The Kier molecular flexibility index (Phi) is 5.57. The van der Waals surface area contributed by atoms with Crippen LogP contribution in [0.2, 0.25) is 0 Å². The number of rotatable bonds is 5. The Morgan fingerprint density at radius 2 is 1.80 bits per heavy atom. The molecule has 0 radical (unpaired) electrons. The van der Waals surface area contributed by atoms with Gasteiger partial charge in [0.1, 0.15) is 15.8 Å². The van der Waals surface area contributed by atoms with Crippen molar-refractivity contribution in [3.05, 3.63) is 88.0 Å². The smallest absolute Gasteiger partial charge is 0.335 e. The number of carbonyl (C=O) groups excluding carboxylic acids is 1. The summed E-state index contributed by atoms with van der Waals surface area (Å²) in [5.74, 6) is 0.000143. The number of nitrogens with zero attached hydrogens (tertiary/aromatic N) is 1. The Morgan fingerprint density at radius 1 is 1.10 bits per heavy atom. The second-order valence-corrected chi connectivity index (χ2v) is 8.51. The van der Waals surface area contributed by atoms with E-state index in [9.17, 15) is 9.59 Å². The molecule has 1 aliphatic heterocycles. The largest absolute Gasteiger partial charge is 0.478 e. The number of aryl methyl sites for hydroxylation is 1. The molecule has 1 aromatic heterocycles. The second-order valence-electron chi connectivity index (χ2n) is 6.84. The number of furan rings is 1. The first-order valence-electron chi connectivity index (χ1n) is 9.15. The molecular weight excluding hydrogens is 418 g/mol. The highest BCUT2D eigenvalue weighted by Crippen LogP contribution is 2.34. The maximum atomic E-state index is 12.8. The van der Waals surface area contributed by atoms with E-state index in [1.807, 2.05) is 31.2 Å². The molecule has 1 aliphatic rings. The Balaban J connectivity index is 1.51. The van der Waals surface area contributed by atoms with E-state index < -0.39 is 5.97 Å². The summed E-state index contributed by atoms with van der Waals surface area (Å²) in [6, 6.07) is 18.0. The van der Waals surface area contributed by atoms with Crippen LogP contribution in [0.15, 0.2) is 70.0 Å². The zero-order chi connectivity index (χ0) is 21.3. The topological polar surface area (TPSA) is 70.8 Å². The minimum Gasteiger partial charge on any atom is -0.478 e. The van der Waals surface area contributed by atoms with Crippen molar-refractivity contribution in [2.75, 3.05) is 0 Å². The molecule has 0 saturated carbocycles. The van der Waals surface area contributed by atoms with Crippen LogP contribution in [0.4, 0.5) is 0 Å². The molecule has 2 heterocycles. The molecule has 0 aliphatic carbocycles. The first kappa shape index (κ1) is 20.1. The van der Waals surface area contributed by atoms with Crippen molar-refractivity contribution in [1.29, 1.82) is 0 Å². The van der Waals surface area contributed by atoms with Gasteiger partial charge in [0.05, 0.1) is 17.0 Å². The van der Waals surface area contributed by atoms with Gasteiger partial charge in [0.2, 0.25) is 0 Å². The minimum atomic E-state index is -0.977. The summed E-state index contributed by atoms with van der Waals surface area (Å²) >= 11 is 6.65. The Bertz CT molecular complexity index is 1160. The van der Waals surface area contributed by atoms with E-state index >= 15 is 0 Å². The van der Waals surface area contributed by atoms with Crippen molar-refractivity contribution in [3.63, 3.8) is 0 Å². The molecule has 0 spiro atoms. The number of carboxylic acids is 1. The molecule has 0 bridgehead atoms. The van der Waals surface area contributed by atoms with Crippen molar-refractivity contribution >= 4 is 46.3 Å². The number of thioether (sulfide) groups is 1. The highest BCUT2D eigenvalue weighted by Gasteiger charge is 2.32. The van der Waals surface area contributed by atoms with E-state index in [-0.39, 0.29) is 11.5 Å². The highest BCUT2D eigenvalue weighted by molar-refractivity contribution is 8.26. The first-order valence-corrected chi connectivity index (χ1v) is 10.4. The normalized spacial score (nSPS) is 15.2. The fourth-order valence-electron chi connectivity index (χ4n) is 3.00. The fraction of sp³-hybridized carbons (Fsp3) is 0.0870. The maximum absolute atomic E-state index is 12.8. The summed E-state index contributed by atoms with van der Waals surface area (Å²) in [6.45, 7) is 2.45. The lowest BCUT2D eigenvalue weighted by molar-refractivity contribution is -0.122. The van der Waals surface area contributed by atoms with Gasteiger partial charge >= 0.3 is 5.97 Å². The number of carbonyl (C=O) groups is 2. The number of thiocarbonyl (C=S) groups is 1. The monoisotopic (exact) mass is 435 g/mol. The molecule has 3 aromatic rings. The van der Waals surface area contributed by atoms with Crippen LogP contribution in [0.1, 0.15) is 27.2 Å². The van der Waals surface area contributed by atoms with Crippen LogP contribution in [0, 0.1) is 6.92 Å². The van der Waals surface area contributed by atoms with Gasteiger partial charge in [0.25, 0.3) is 5.91 Å². The van der Waals surface area contributed by atoms with E-state index in [0.29, 0.717) is 27.3 Å². The van der Waals surface area contributed by atoms with Crippen LogP contribution in [-0.4, -0.2) is 26.2 Å². The minimum absolute atomic E-state index is 0.144. The van der Waals surface area contributed by atoms with Gasteiger partial charge in [-0.05, 0) is 36.8 Å². The molecule has 30 heavy (non-hydrogen) atoms. The summed E-state index contributed by atoms with van der Waals surface area (Å²) in [7, 11) is 0. The molecule has 0 unspecified atom stereocenters. The molecule has 150 valence electrons. The van der Waals surface area contributed by atoms with E-state index in [1.54, 1.807) is 35.2 Å². The van der Waals surface area contributed by atoms with Gasteiger partial charge in [-0.3, -0.25) is 9.69 Å². The first-order chi connectivity index (χ1) is 14.4. The molecule has 1 fully saturated rings. The van der Waals surface area contributed by atoms with E-state index in [0.717, 1.165) is 16.7 Å². The number of aromatic carboxylic acids is 1. The molecule has 1 N–H and O–H groups in total. The number of hydrogen-bond donors (Lipinski definition) is 1. The standard InChI is InChI=1S/C23H17NO4S2/c1-14-2-4-15(5-3-14)13-24-21(25)20(30-23(24)29)12-18-10-11-19(28-18)16-6-8-17(9-7-16)22(26)27/h2-12H,13H2,1H3,(H,26,27)/b20-12+. The van der Waals surface area contributed by atoms with E-state index in [2.05, 4.69) is 0 Å². The molecule has 0 atom stereocenters. The van der Waals surface area contributed by atoms with E-state index in [4.69, 9.17) is 21.7 Å². The van der Waals surface area contributed by atoms with Gasteiger partial charge in [0, 0.05) is 11.6 Å². The number of benzene rings is 2. The van der Waals surface area contributed by atoms with Gasteiger partial charge in [-0.15, -0.1) is 0 Å². The van der Waals surface area contributed by atoms with Gasteiger partial charge in [0.15, 0.2) is 0 Å². The number of amides is 1. The second kappa shape index (κ2) is 8.30. The van der Waals surface area contributed by atoms with Crippen LogP contribution in [-0.2, 0) is 11.3 Å². The van der Waals surface area contributed by atoms with Gasteiger partial charge in [-0.1, -0.05) is 65.9 Å². The van der Waals surface area contributed by atoms with Crippen molar-refractivity contribution in [3.8, 4) is 11.3 Å². The summed E-state index contributed by atoms with van der Waals surface area (Å²) in [5.41, 5.74) is 3.15. The van der Waals surface area contributed by atoms with Crippen molar-refractivity contribution in [2.24, 2.45) is 0 Å². The van der Waals surface area contributed by atoms with Gasteiger partial charge in [-0.25, -0.2) is 4.79 Å². The lowest BCUT2D eigenvalue weighted by Crippen LogP contribution is -2.27. The van der Waals surface area contributed by atoms with Crippen LogP contribution >= 0.6 is 24.0 Å². The molecular formula is C23H17NO4S2. The Morgan fingerprint density at radius 3 is 2.47 bits per heavy atom. The SMILES string of the molecule is Cc1ccc(CN2C(=O)/C(=C\c3ccc(-c4ccc(C(=O)O)cc4)o3)SC2=S)cc1. The molecule has 5 nitrogen and oxygen atoms in total. The zero-order valence-electron chi connectivity index (χ0n) is 16.0. The van der Waals surface area contributed by atoms with Crippen LogP contribution in [0.5, 0.6) is 0 Å². The summed E-state index contributed by atoms with van der Waals surface area (Å²) in [4.78, 5) is 25.9. The van der Waals surface area contributed by atoms with Crippen molar-refractivity contribution < 1.29 is 19.1 Å². The number of hydrogen-bond acceptors (Lipinski definition) is 5. The fourth-order valence-corrected chi connectivity index (χ4v) is 4.24. The third-order valence-corrected chi connectivity index (χ3v) is 6.03. The predicted molar refractivity (Wildman–Crippen MR) is 121 cm³/mol. The Hall–Kier alpha value is -3.16. The molecule has 7 heteroatoms. The highest BCUT2D eigenvalue weighted by atomic mass is 32.2. The maximum Gasteiger partial charge on any atom is 0.335 e. The molecule has 1 saturated heterocycles. The van der Waals surface area contributed by atoms with Crippen molar-refractivity contribution in [2.45, 2.75) is 13.5 Å². The molecule has 4 rings (SSSR count). The lowest BCUT2D eigenvalue weighted by Gasteiger charge is -2.14. The van der Waals surface area contributed by atoms with Crippen LogP contribution in [0.25, 0.3) is 17.4 Å². The predicted octanol–water partition coefficient (Wildman–Crippen LogP) is 5.35. The Labute approximate surface area is 183 Å². The van der Waals surface area contributed by atoms with E-state index in [1.165, 1.54) is 23.9 Å².